The lowest BCUT2D eigenvalue weighted by Gasteiger charge is -2.34. The molecular weight excluding hydrogens is 448 g/mol. The minimum Gasteiger partial charge on any atom is -0.394 e. The highest BCUT2D eigenvalue weighted by Gasteiger charge is 2.45. The van der Waals surface area contributed by atoms with Crippen molar-refractivity contribution >= 4 is 17.5 Å². The third kappa shape index (κ3) is 5.22. The summed E-state index contributed by atoms with van der Waals surface area (Å²) >= 11 is 0. The Labute approximate surface area is 194 Å². The number of aromatic nitrogens is 5. The summed E-state index contributed by atoms with van der Waals surface area (Å²) in [4.78, 5) is 29.2. The van der Waals surface area contributed by atoms with Gasteiger partial charge in [-0.25, -0.2) is 18.3 Å². The Morgan fingerprint density at radius 2 is 2.06 bits per heavy atom. The molecule has 10 nitrogen and oxygen atoms in total. The molecule has 1 atom stereocenters. The summed E-state index contributed by atoms with van der Waals surface area (Å²) < 4.78 is 29.1. The van der Waals surface area contributed by atoms with Gasteiger partial charge in [-0.1, -0.05) is 0 Å². The molecule has 1 aliphatic rings. The van der Waals surface area contributed by atoms with Gasteiger partial charge in [-0.15, -0.1) is 0 Å². The van der Waals surface area contributed by atoms with Crippen LogP contribution in [0.2, 0.25) is 0 Å². The van der Waals surface area contributed by atoms with E-state index in [9.17, 15) is 23.5 Å². The van der Waals surface area contributed by atoms with Crippen LogP contribution in [0.25, 0.3) is 5.65 Å². The van der Waals surface area contributed by atoms with Crippen LogP contribution in [0, 0.1) is 5.92 Å². The third-order valence-electron chi connectivity index (χ3n) is 5.78. The van der Waals surface area contributed by atoms with Gasteiger partial charge in [0, 0.05) is 37.1 Å². The quantitative estimate of drug-likeness (QED) is 0.435. The van der Waals surface area contributed by atoms with Gasteiger partial charge in [0.1, 0.15) is 5.69 Å². The van der Waals surface area contributed by atoms with E-state index in [1.165, 1.54) is 10.7 Å². The second-order valence-corrected chi connectivity index (χ2v) is 8.90. The maximum absolute atomic E-state index is 13.0. The van der Waals surface area contributed by atoms with Crippen LogP contribution in [0.5, 0.6) is 0 Å². The molecule has 3 aromatic rings. The topological polar surface area (TPSA) is 126 Å². The molecule has 182 valence electrons. The molecule has 0 saturated heterocycles. The maximum Gasteiger partial charge on any atom is 0.269 e. The molecule has 1 unspecified atom stereocenters. The first-order valence-corrected chi connectivity index (χ1v) is 11.1. The molecule has 0 aliphatic heterocycles. The van der Waals surface area contributed by atoms with Gasteiger partial charge in [0.2, 0.25) is 11.8 Å². The minimum atomic E-state index is -2.68. The number of aliphatic hydroxyl groups is 1. The average Bonchev–Trinajstić information content (AvgIpc) is 3.41. The monoisotopic (exact) mass is 475 g/mol. The molecule has 0 bridgehead atoms. The summed E-state index contributed by atoms with van der Waals surface area (Å²) in [6, 6.07) is 2.63. The molecule has 3 heterocycles. The lowest BCUT2D eigenvalue weighted by atomic mass is 9.79. The molecule has 1 fully saturated rings. The number of rotatable bonds is 9. The van der Waals surface area contributed by atoms with Gasteiger partial charge in [0.25, 0.3) is 5.91 Å². The van der Waals surface area contributed by atoms with Gasteiger partial charge in [0.15, 0.2) is 5.65 Å². The van der Waals surface area contributed by atoms with Crippen LogP contribution < -0.4 is 10.6 Å². The zero-order chi connectivity index (χ0) is 24.5. The van der Waals surface area contributed by atoms with Crippen molar-refractivity contribution in [2.75, 3.05) is 6.61 Å². The summed E-state index contributed by atoms with van der Waals surface area (Å²) in [5, 5.41) is 23.7. The number of amides is 2. The second-order valence-electron chi connectivity index (χ2n) is 8.90. The van der Waals surface area contributed by atoms with Crippen LogP contribution in [0.3, 0.4) is 0 Å². The molecule has 0 radical (unpaired) electrons. The maximum atomic E-state index is 13.0. The highest BCUT2D eigenvalue weighted by Crippen LogP contribution is 2.44. The molecule has 1 saturated carbocycles. The summed E-state index contributed by atoms with van der Waals surface area (Å²) in [7, 11) is 0. The fourth-order valence-electron chi connectivity index (χ4n) is 4.06. The number of hydrogen-bond donors (Lipinski definition) is 3. The fraction of sp³-hybridized carbons (Fsp3) is 0.500. The van der Waals surface area contributed by atoms with Crippen molar-refractivity contribution in [2.45, 2.75) is 57.7 Å². The van der Waals surface area contributed by atoms with Crippen molar-refractivity contribution in [3.8, 4) is 0 Å². The molecular formula is C22H27F2N7O3. The van der Waals surface area contributed by atoms with E-state index in [2.05, 4.69) is 25.8 Å². The first kappa shape index (κ1) is 23.7. The van der Waals surface area contributed by atoms with Crippen LogP contribution in [0.1, 0.15) is 66.9 Å². The Morgan fingerprint density at radius 1 is 1.29 bits per heavy atom. The molecule has 0 aromatic carbocycles. The number of carbonyl (C=O) groups is 2. The molecule has 2 amide bonds. The van der Waals surface area contributed by atoms with E-state index in [0.717, 1.165) is 0 Å². The molecule has 1 aliphatic carbocycles. The van der Waals surface area contributed by atoms with Crippen LogP contribution in [0.4, 0.5) is 8.78 Å². The Hall–Kier alpha value is -3.41. The lowest BCUT2D eigenvalue weighted by Crippen LogP contribution is -2.40. The van der Waals surface area contributed by atoms with E-state index < -0.39 is 17.9 Å². The van der Waals surface area contributed by atoms with Crippen LogP contribution in [-0.4, -0.2) is 53.8 Å². The Morgan fingerprint density at radius 3 is 2.74 bits per heavy atom. The Bertz CT molecular complexity index is 1180. The molecule has 4 rings (SSSR count). The van der Waals surface area contributed by atoms with E-state index >= 15 is 0 Å². The van der Waals surface area contributed by atoms with E-state index in [-0.39, 0.29) is 50.3 Å². The number of fused-ring (bicyclic) bond motifs is 1. The zero-order valence-corrected chi connectivity index (χ0v) is 18.9. The van der Waals surface area contributed by atoms with Crippen LogP contribution in [0.15, 0.2) is 30.7 Å². The number of alkyl halides is 2. The second kappa shape index (κ2) is 9.45. The first-order valence-electron chi connectivity index (χ1n) is 11.1. The predicted molar refractivity (Wildman–Crippen MR) is 117 cm³/mol. The Kier molecular flexibility index (Phi) is 6.60. The summed E-state index contributed by atoms with van der Waals surface area (Å²) in [5.74, 6) is -3.70. The average molecular weight is 476 g/mol. The van der Waals surface area contributed by atoms with Gasteiger partial charge in [-0.05, 0) is 31.9 Å². The van der Waals surface area contributed by atoms with Crippen LogP contribution >= 0.6 is 0 Å². The predicted octanol–water partition coefficient (Wildman–Crippen LogP) is 2.02. The number of halogens is 2. The minimum absolute atomic E-state index is 0.00923. The number of nitrogens with zero attached hydrogens (tertiary/aromatic N) is 5. The van der Waals surface area contributed by atoms with Gasteiger partial charge in [0.05, 0.1) is 37.3 Å². The highest BCUT2D eigenvalue weighted by atomic mass is 19.3. The summed E-state index contributed by atoms with van der Waals surface area (Å²) in [6.45, 7) is 3.66. The Balaban J connectivity index is 1.38. The molecule has 0 spiro atoms. The van der Waals surface area contributed by atoms with Crippen LogP contribution in [-0.2, 0) is 11.3 Å². The van der Waals surface area contributed by atoms with Gasteiger partial charge < -0.3 is 15.7 Å². The smallest absolute Gasteiger partial charge is 0.269 e. The third-order valence-corrected chi connectivity index (χ3v) is 5.78. The molecule has 34 heavy (non-hydrogen) atoms. The van der Waals surface area contributed by atoms with Crippen molar-refractivity contribution in [1.29, 1.82) is 0 Å². The van der Waals surface area contributed by atoms with E-state index in [1.807, 2.05) is 13.8 Å². The number of aliphatic hydroxyl groups excluding tert-OH is 1. The lowest BCUT2D eigenvalue weighted by molar-refractivity contribution is -0.134. The zero-order valence-electron chi connectivity index (χ0n) is 18.9. The number of hydrogen-bond acceptors (Lipinski definition) is 6. The van der Waals surface area contributed by atoms with Crippen molar-refractivity contribution in [2.24, 2.45) is 5.92 Å². The number of imidazole rings is 1. The van der Waals surface area contributed by atoms with Crippen molar-refractivity contribution in [3.05, 3.63) is 47.7 Å². The van der Waals surface area contributed by atoms with Crippen molar-refractivity contribution in [1.82, 2.24) is 35.0 Å². The van der Waals surface area contributed by atoms with Gasteiger partial charge >= 0.3 is 0 Å². The normalized spacial score (nSPS) is 16.4. The SMILES string of the molecule is CC(C)n1nccc1C(=O)NCc1cn2ncc(C(CO)NC(=O)CC3CC(F)(F)C3)cc2n1. The van der Waals surface area contributed by atoms with Crippen molar-refractivity contribution < 1.29 is 23.5 Å². The van der Waals surface area contributed by atoms with E-state index in [1.54, 1.807) is 29.2 Å². The molecule has 12 heteroatoms. The standard InChI is InChI=1S/C22H27F2N7O3/c1-13(2)31-18(3-4-26-31)21(34)25-10-16-11-30-19(28-16)6-15(9-27-30)17(12-32)29-20(33)5-14-7-22(23,24)8-14/h3-4,6,9,11,13-14,17,32H,5,7-8,10,12H2,1-2H3,(H,25,34)(H,29,33). The number of nitrogens with one attached hydrogen (secondary N) is 2. The van der Waals surface area contributed by atoms with E-state index in [4.69, 9.17) is 0 Å². The summed E-state index contributed by atoms with van der Waals surface area (Å²) in [6.07, 6.45) is 4.16. The van der Waals surface area contributed by atoms with E-state index in [0.29, 0.717) is 22.6 Å². The number of carbonyl (C=O) groups excluding carboxylic acids is 2. The largest absolute Gasteiger partial charge is 0.394 e. The molecule has 3 aromatic heterocycles. The summed E-state index contributed by atoms with van der Waals surface area (Å²) in [5.41, 5.74) is 2.03. The molecule has 3 N–H and O–H groups in total. The van der Waals surface area contributed by atoms with Gasteiger partial charge in [-0.3, -0.25) is 14.3 Å². The van der Waals surface area contributed by atoms with Gasteiger partial charge in [-0.2, -0.15) is 10.2 Å². The van der Waals surface area contributed by atoms with Crippen molar-refractivity contribution in [3.63, 3.8) is 0 Å². The highest BCUT2D eigenvalue weighted by molar-refractivity contribution is 5.92. The fourth-order valence-corrected chi connectivity index (χ4v) is 4.06. The first-order chi connectivity index (χ1) is 16.1.